The molecular weight excluding hydrogens is 590 g/mol. The Balaban J connectivity index is 1.49. The molecule has 0 bridgehead atoms. The van der Waals surface area contributed by atoms with Crippen molar-refractivity contribution in [2.45, 2.75) is 114 Å². The summed E-state index contributed by atoms with van der Waals surface area (Å²) >= 11 is 1.49. The summed E-state index contributed by atoms with van der Waals surface area (Å²) in [4.78, 5) is 20.2. The Bertz CT molecular complexity index is 1330. The Morgan fingerprint density at radius 2 is 1.91 bits per heavy atom. The monoisotopic (exact) mass is 637 g/mol. The first-order valence-corrected chi connectivity index (χ1v) is 17.4. The van der Waals surface area contributed by atoms with Gasteiger partial charge in [0.2, 0.25) is 16.4 Å². The van der Waals surface area contributed by atoms with Gasteiger partial charge < -0.3 is 19.5 Å². The molecule has 1 aromatic carbocycles. The Kier molecular flexibility index (Phi) is 11.2. The number of aromatic nitrogens is 1. The van der Waals surface area contributed by atoms with Crippen LogP contribution in [-0.2, 0) is 19.5 Å². The van der Waals surface area contributed by atoms with Crippen molar-refractivity contribution in [3.05, 3.63) is 29.4 Å². The van der Waals surface area contributed by atoms with Gasteiger partial charge in [-0.25, -0.2) is 22.9 Å². The average molecular weight is 638 g/mol. The standard InChI is InChI=1S/C30H47N5O6S2/c1-19(2)41-29(37)32-21-11-9-20(10-12-21)27-31-17-25(42-27)24-14-13-22(16-26(24)43(38,39)34-30(3,4)5)33-28(36)40-18-23-8-7-15-35(23)6/h13-14,16-17,19-21,23,29,32,34,37H,7-12,15,18H2,1-6H3,(H,33,36)/t20?,21?,23-,29?/m1/s1. The number of hydrogen-bond acceptors (Lipinski definition) is 10. The quantitative estimate of drug-likeness (QED) is 0.255. The van der Waals surface area contributed by atoms with Crippen molar-refractivity contribution in [3.63, 3.8) is 0 Å². The van der Waals surface area contributed by atoms with E-state index in [0.717, 1.165) is 55.0 Å². The molecule has 0 radical (unpaired) electrons. The number of thiazole rings is 1. The number of likely N-dealkylation sites (N-methyl/N-ethyl adjacent to an activating group) is 1. The number of carbonyl (C=O) groups is 1. The van der Waals surface area contributed by atoms with E-state index in [1.807, 2.05) is 20.9 Å². The molecular formula is C30H47N5O6S2. The highest BCUT2D eigenvalue weighted by atomic mass is 32.2. The van der Waals surface area contributed by atoms with Gasteiger partial charge in [-0.2, -0.15) is 0 Å². The lowest BCUT2D eigenvalue weighted by atomic mass is 9.86. The maximum atomic E-state index is 13.6. The molecule has 1 aromatic heterocycles. The number of nitrogens with one attached hydrogen (secondary N) is 3. The van der Waals surface area contributed by atoms with Gasteiger partial charge in [0, 0.05) is 41.0 Å². The minimum Gasteiger partial charge on any atom is -0.448 e. The molecule has 2 aromatic rings. The SMILES string of the molecule is CC(C)OC(O)NC1CCC(c2ncc(-c3ccc(NC(=O)OC[C@H]4CCCN4C)cc3S(=O)(=O)NC(C)(C)C)s2)CC1. The maximum Gasteiger partial charge on any atom is 0.411 e. The summed E-state index contributed by atoms with van der Waals surface area (Å²) in [6.07, 6.45) is 5.67. The molecule has 43 heavy (non-hydrogen) atoms. The third-order valence-corrected chi connectivity index (χ3v) is 10.7. The summed E-state index contributed by atoms with van der Waals surface area (Å²) in [6.45, 7) is 10.4. The Labute approximate surface area is 259 Å². The number of aliphatic hydroxyl groups excluding tert-OH is 1. The fourth-order valence-electron chi connectivity index (χ4n) is 5.61. The van der Waals surface area contributed by atoms with Crippen molar-refractivity contribution in [3.8, 4) is 10.4 Å². The topological polar surface area (TPSA) is 142 Å². The van der Waals surface area contributed by atoms with Gasteiger partial charge in [-0.05, 0) is 98.9 Å². The van der Waals surface area contributed by atoms with Gasteiger partial charge in [-0.3, -0.25) is 10.6 Å². The highest BCUT2D eigenvalue weighted by Crippen LogP contribution is 2.40. The maximum absolute atomic E-state index is 13.6. The van der Waals surface area contributed by atoms with E-state index in [1.54, 1.807) is 39.1 Å². The lowest BCUT2D eigenvalue weighted by Crippen LogP contribution is -2.42. The molecule has 1 amide bonds. The lowest BCUT2D eigenvalue weighted by molar-refractivity contribution is -0.150. The van der Waals surface area contributed by atoms with Gasteiger partial charge in [-0.15, -0.1) is 11.3 Å². The van der Waals surface area contributed by atoms with Crippen LogP contribution in [0, 0.1) is 0 Å². The smallest absolute Gasteiger partial charge is 0.411 e. The second-order valence-corrected chi connectivity index (χ2v) is 15.6. The molecule has 2 atom stereocenters. The van der Waals surface area contributed by atoms with Crippen molar-refractivity contribution in [2.24, 2.45) is 0 Å². The van der Waals surface area contributed by atoms with E-state index in [2.05, 4.69) is 20.3 Å². The van der Waals surface area contributed by atoms with Crippen LogP contribution in [0.2, 0.25) is 0 Å². The van der Waals surface area contributed by atoms with E-state index in [4.69, 9.17) is 14.5 Å². The third-order valence-electron chi connectivity index (χ3n) is 7.68. The van der Waals surface area contributed by atoms with Crippen molar-refractivity contribution >= 4 is 33.1 Å². The van der Waals surface area contributed by atoms with Crippen LogP contribution < -0.4 is 15.4 Å². The lowest BCUT2D eigenvalue weighted by Gasteiger charge is -2.30. The molecule has 13 heteroatoms. The first-order valence-electron chi connectivity index (χ1n) is 15.1. The number of anilines is 1. The van der Waals surface area contributed by atoms with E-state index in [1.165, 1.54) is 17.4 Å². The molecule has 2 heterocycles. The van der Waals surface area contributed by atoms with Crippen molar-refractivity contribution in [2.75, 3.05) is 25.5 Å². The Hall–Kier alpha value is -2.13. The van der Waals surface area contributed by atoms with Crippen LogP contribution in [0.15, 0.2) is 29.3 Å². The molecule has 4 rings (SSSR count). The van der Waals surface area contributed by atoms with Crippen molar-refractivity contribution < 1.29 is 27.8 Å². The number of amides is 1. The van der Waals surface area contributed by atoms with Crippen LogP contribution in [0.5, 0.6) is 0 Å². The Morgan fingerprint density at radius 3 is 2.53 bits per heavy atom. The molecule has 1 aliphatic heterocycles. The zero-order valence-electron chi connectivity index (χ0n) is 26.1. The predicted octanol–water partition coefficient (Wildman–Crippen LogP) is 4.85. The zero-order valence-corrected chi connectivity index (χ0v) is 27.7. The van der Waals surface area contributed by atoms with Gasteiger partial charge in [0.1, 0.15) is 6.61 Å². The second kappa shape index (κ2) is 14.3. The van der Waals surface area contributed by atoms with Crippen LogP contribution in [0.4, 0.5) is 10.5 Å². The van der Waals surface area contributed by atoms with Crippen LogP contribution in [-0.4, -0.2) is 79.8 Å². The molecule has 1 saturated carbocycles. The zero-order chi connectivity index (χ0) is 31.4. The predicted molar refractivity (Wildman–Crippen MR) is 169 cm³/mol. The van der Waals surface area contributed by atoms with E-state index >= 15 is 0 Å². The van der Waals surface area contributed by atoms with Crippen LogP contribution in [0.1, 0.15) is 84.1 Å². The number of nitrogens with zero attached hydrogens (tertiary/aromatic N) is 2. The van der Waals surface area contributed by atoms with Gasteiger partial charge in [0.15, 0.2) is 0 Å². The molecule has 4 N–H and O–H groups in total. The number of rotatable bonds is 11. The average Bonchev–Trinajstić information content (AvgIpc) is 3.55. The number of hydrogen-bond donors (Lipinski definition) is 4. The van der Waals surface area contributed by atoms with Crippen LogP contribution in [0.25, 0.3) is 10.4 Å². The van der Waals surface area contributed by atoms with Gasteiger partial charge in [0.05, 0.1) is 20.9 Å². The Morgan fingerprint density at radius 1 is 1.19 bits per heavy atom. The summed E-state index contributed by atoms with van der Waals surface area (Å²) in [7, 11) is -1.93. The number of benzene rings is 1. The first-order chi connectivity index (χ1) is 20.2. The van der Waals surface area contributed by atoms with E-state index in [9.17, 15) is 18.3 Å². The number of carbonyl (C=O) groups excluding carboxylic acids is 1. The molecule has 1 saturated heterocycles. The summed E-state index contributed by atoms with van der Waals surface area (Å²) in [5.41, 5.74) is 0.156. The van der Waals surface area contributed by atoms with E-state index in [-0.39, 0.29) is 35.6 Å². The summed E-state index contributed by atoms with van der Waals surface area (Å²) in [5, 5.41) is 16.9. The third kappa shape index (κ3) is 9.68. The molecule has 1 aliphatic carbocycles. The fraction of sp³-hybridized carbons (Fsp3) is 0.667. The van der Waals surface area contributed by atoms with E-state index in [0.29, 0.717) is 11.3 Å². The minimum absolute atomic E-state index is 0.0672. The normalized spacial score (nSPS) is 22.6. The highest BCUT2D eigenvalue weighted by Gasteiger charge is 2.29. The molecule has 240 valence electrons. The molecule has 2 fully saturated rings. The van der Waals surface area contributed by atoms with Crippen molar-refractivity contribution in [1.29, 1.82) is 0 Å². The summed E-state index contributed by atoms with van der Waals surface area (Å²) in [5.74, 6) is 0.252. The minimum atomic E-state index is -3.94. The molecule has 0 spiro atoms. The highest BCUT2D eigenvalue weighted by molar-refractivity contribution is 7.89. The molecule has 11 nitrogen and oxygen atoms in total. The van der Waals surface area contributed by atoms with Crippen molar-refractivity contribution in [1.82, 2.24) is 19.9 Å². The number of ether oxygens (including phenoxy) is 2. The van der Waals surface area contributed by atoms with Gasteiger partial charge in [0.25, 0.3) is 0 Å². The molecule has 2 aliphatic rings. The number of likely N-dealkylation sites (tertiary alicyclic amines) is 1. The van der Waals surface area contributed by atoms with Gasteiger partial charge in [-0.1, -0.05) is 6.07 Å². The van der Waals surface area contributed by atoms with Crippen LogP contribution >= 0.6 is 11.3 Å². The number of sulfonamides is 1. The van der Waals surface area contributed by atoms with E-state index < -0.39 is 28.1 Å². The fourth-order valence-corrected chi connectivity index (χ4v) is 8.46. The van der Waals surface area contributed by atoms with Crippen LogP contribution in [0.3, 0.4) is 0 Å². The summed E-state index contributed by atoms with van der Waals surface area (Å²) in [6, 6.07) is 5.24. The number of aliphatic hydroxyl groups is 1. The van der Waals surface area contributed by atoms with Gasteiger partial charge >= 0.3 is 6.09 Å². The molecule has 1 unspecified atom stereocenters. The second-order valence-electron chi connectivity index (χ2n) is 12.9. The summed E-state index contributed by atoms with van der Waals surface area (Å²) < 4.78 is 40.8. The largest absolute Gasteiger partial charge is 0.448 e. The first kappa shape index (κ1) is 33.8.